The number of benzene rings is 1. The van der Waals surface area contributed by atoms with E-state index in [4.69, 9.17) is 10.5 Å². The maximum absolute atomic E-state index is 13.3. The molecule has 1 aromatic rings. The number of halogens is 1. The number of anilines is 1. The highest BCUT2D eigenvalue weighted by Gasteiger charge is 2.13. The summed E-state index contributed by atoms with van der Waals surface area (Å²) >= 11 is 0. The van der Waals surface area contributed by atoms with Crippen LogP contribution in [0.15, 0.2) is 18.2 Å². The number of nitrogens with one attached hydrogen (secondary N) is 1. The van der Waals surface area contributed by atoms with E-state index in [2.05, 4.69) is 10.1 Å². The molecule has 7 heteroatoms. The first kappa shape index (κ1) is 15.1. The maximum atomic E-state index is 13.3. The summed E-state index contributed by atoms with van der Waals surface area (Å²) in [5, 5.41) is 2.47. The molecule has 0 fully saturated rings. The number of hydrogen-bond acceptors (Lipinski definition) is 5. The Balaban J connectivity index is 2.69. The normalized spacial score (nSPS) is 10.1. The van der Waals surface area contributed by atoms with Crippen LogP contribution in [0.2, 0.25) is 0 Å². The SMILES string of the molecule is COC(=O)c1cc(NC(=O)COCCN)ccc1F. The van der Waals surface area contributed by atoms with Gasteiger partial charge >= 0.3 is 5.97 Å². The molecule has 1 aromatic carbocycles. The molecule has 0 atom stereocenters. The minimum Gasteiger partial charge on any atom is -0.465 e. The number of ether oxygens (including phenoxy) is 2. The third kappa shape index (κ3) is 4.65. The number of rotatable bonds is 6. The van der Waals surface area contributed by atoms with E-state index in [1.54, 1.807) is 0 Å². The third-order valence-electron chi connectivity index (χ3n) is 2.15. The van der Waals surface area contributed by atoms with Crippen LogP contribution in [0.5, 0.6) is 0 Å². The van der Waals surface area contributed by atoms with Crippen molar-refractivity contribution in [1.29, 1.82) is 0 Å². The summed E-state index contributed by atoms with van der Waals surface area (Å²) in [6.45, 7) is 0.419. The van der Waals surface area contributed by atoms with Crippen LogP contribution in [-0.2, 0) is 14.3 Å². The van der Waals surface area contributed by atoms with Crippen LogP contribution >= 0.6 is 0 Å². The zero-order chi connectivity index (χ0) is 14.3. The highest BCUT2D eigenvalue weighted by Crippen LogP contribution is 2.15. The number of esters is 1. The summed E-state index contributed by atoms with van der Waals surface area (Å²) < 4.78 is 22.7. The van der Waals surface area contributed by atoms with Gasteiger partial charge < -0.3 is 20.5 Å². The average Bonchev–Trinajstić information content (AvgIpc) is 2.40. The van der Waals surface area contributed by atoms with Crippen LogP contribution in [0.4, 0.5) is 10.1 Å². The van der Waals surface area contributed by atoms with E-state index in [0.717, 1.165) is 13.2 Å². The third-order valence-corrected chi connectivity index (χ3v) is 2.15. The lowest BCUT2D eigenvalue weighted by Crippen LogP contribution is -2.21. The molecule has 0 aliphatic carbocycles. The molecular formula is C12H15FN2O4. The molecule has 0 unspecified atom stereocenters. The molecule has 0 bridgehead atoms. The molecule has 0 spiro atoms. The van der Waals surface area contributed by atoms with Crippen molar-refractivity contribution in [2.75, 3.05) is 32.2 Å². The standard InChI is InChI=1S/C12H15FN2O4/c1-18-12(17)9-6-8(2-3-10(9)13)15-11(16)7-19-5-4-14/h2-3,6H,4-5,7,14H2,1H3,(H,15,16). The summed E-state index contributed by atoms with van der Waals surface area (Å²) in [4.78, 5) is 22.7. The van der Waals surface area contributed by atoms with Crippen LogP contribution in [0.25, 0.3) is 0 Å². The average molecular weight is 270 g/mol. The molecule has 3 N–H and O–H groups in total. The number of carbonyl (C=O) groups excluding carboxylic acids is 2. The van der Waals surface area contributed by atoms with Gasteiger partial charge in [0.1, 0.15) is 12.4 Å². The van der Waals surface area contributed by atoms with Crippen molar-refractivity contribution in [3.63, 3.8) is 0 Å². The Morgan fingerprint density at radius 2 is 2.16 bits per heavy atom. The zero-order valence-corrected chi connectivity index (χ0v) is 10.4. The van der Waals surface area contributed by atoms with Gasteiger partial charge in [-0.2, -0.15) is 0 Å². The van der Waals surface area contributed by atoms with Gasteiger partial charge in [0.25, 0.3) is 0 Å². The van der Waals surface area contributed by atoms with Gasteiger partial charge in [0.15, 0.2) is 0 Å². The Morgan fingerprint density at radius 3 is 2.79 bits per heavy atom. The number of nitrogens with two attached hydrogens (primary N) is 1. The molecular weight excluding hydrogens is 255 g/mol. The van der Waals surface area contributed by atoms with E-state index in [9.17, 15) is 14.0 Å². The van der Waals surface area contributed by atoms with Gasteiger partial charge in [-0.15, -0.1) is 0 Å². The minimum atomic E-state index is -0.812. The Morgan fingerprint density at radius 1 is 1.42 bits per heavy atom. The van der Waals surface area contributed by atoms with Crippen molar-refractivity contribution in [1.82, 2.24) is 0 Å². The predicted molar refractivity (Wildman–Crippen MR) is 66.2 cm³/mol. The van der Waals surface area contributed by atoms with Crippen LogP contribution in [-0.4, -0.2) is 38.7 Å². The Bertz CT molecular complexity index is 465. The Kier molecular flexibility index (Phi) is 5.91. The van der Waals surface area contributed by atoms with Crippen LogP contribution in [0, 0.1) is 5.82 Å². The van der Waals surface area contributed by atoms with E-state index in [1.807, 2.05) is 0 Å². The van der Waals surface area contributed by atoms with Crippen molar-refractivity contribution >= 4 is 17.6 Å². The van der Waals surface area contributed by atoms with Crippen molar-refractivity contribution in [2.24, 2.45) is 5.73 Å². The Hall–Kier alpha value is -1.99. The van der Waals surface area contributed by atoms with Crippen LogP contribution in [0.1, 0.15) is 10.4 Å². The number of amides is 1. The molecule has 104 valence electrons. The van der Waals surface area contributed by atoms with Gasteiger partial charge in [-0.25, -0.2) is 9.18 Å². The molecule has 0 aromatic heterocycles. The maximum Gasteiger partial charge on any atom is 0.340 e. The molecule has 19 heavy (non-hydrogen) atoms. The highest BCUT2D eigenvalue weighted by molar-refractivity contribution is 5.95. The van der Waals surface area contributed by atoms with E-state index in [0.29, 0.717) is 6.54 Å². The van der Waals surface area contributed by atoms with Crippen molar-refractivity contribution in [2.45, 2.75) is 0 Å². The van der Waals surface area contributed by atoms with Crippen molar-refractivity contribution in [3.8, 4) is 0 Å². The van der Waals surface area contributed by atoms with Gasteiger partial charge in [0, 0.05) is 12.2 Å². The lowest BCUT2D eigenvalue weighted by Gasteiger charge is -2.07. The van der Waals surface area contributed by atoms with Gasteiger partial charge in [-0.1, -0.05) is 0 Å². The van der Waals surface area contributed by atoms with E-state index in [1.165, 1.54) is 12.1 Å². The molecule has 0 saturated heterocycles. The summed E-state index contributed by atoms with van der Waals surface area (Å²) in [6.07, 6.45) is 0. The minimum absolute atomic E-state index is 0.165. The first-order valence-electron chi connectivity index (χ1n) is 5.54. The summed E-state index contributed by atoms with van der Waals surface area (Å²) in [5.41, 5.74) is 5.24. The molecule has 0 aliphatic heterocycles. The van der Waals surface area contributed by atoms with Crippen molar-refractivity contribution in [3.05, 3.63) is 29.6 Å². The molecule has 1 rings (SSSR count). The smallest absolute Gasteiger partial charge is 0.340 e. The van der Waals surface area contributed by atoms with E-state index >= 15 is 0 Å². The quantitative estimate of drug-likeness (QED) is 0.581. The number of methoxy groups -OCH3 is 1. The second kappa shape index (κ2) is 7.45. The first-order chi connectivity index (χ1) is 9.08. The predicted octanol–water partition coefficient (Wildman–Crippen LogP) is 0.526. The lowest BCUT2D eigenvalue weighted by molar-refractivity contribution is -0.120. The fourth-order valence-corrected chi connectivity index (χ4v) is 1.31. The largest absolute Gasteiger partial charge is 0.465 e. The number of hydrogen-bond donors (Lipinski definition) is 2. The topological polar surface area (TPSA) is 90.6 Å². The second-order valence-corrected chi connectivity index (χ2v) is 3.58. The molecule has 0 saturated carbocycles. The highest BCUT2D eigenvalue weighted by atomic mass is 19.1. The van der Waals surface area contributed by atoms with Crippen LogP contribution in [0.3, 0.4) is 0 Å². The van der Waals surface area contributed by atoms with Gasteiger partial charge in [-0.05, 0) is 18.2 Å². The molecule has 0 radical (unpaired) electrons. The van der Waals surface area contributed by atoms with Gasteiger partial charge in [0.2, 0.25) is 5.91 Å². The fourth-order valence-electron chi connectivity index (χ4n) is 1.31. The van der Waals surface area contributed by atoms with Crippen LogP contribution < -0.4 is 11.1 Å². The van der Waals surface area contributed by atoms with Gasteiger partial charge in [-0.3, -0.25) is 4.79 Å². The summed E-state index contributed by atoms with van der Waals surface area (Å²) in [7, 11) is 1.15. The molecule has 1 amide bonds. The molecule has 0 heterocycles. The monoisotopic (exact) mass is 270 g/mol. The molecule has 0 aliphatic rings. The van der Waals surface area contributed by atoms with Gasteiger partial charge in [0.05, 0.1) is 19.3 Å². The number of carbonyl (C=O) groups is 2. The first-order valence-corrected chi connectivity index (χ1v) is 5.54. The molecule has 6 nitrogen and oxygen atoms in total. The summed E-state index contributed by atoms with van der Waals surface area (Å²) in [6, 6.07) is 3.60. The van der Waals surface area contributed by atoms with Crippen molar-refractivity contribution < 1.29 is 23.5 Å². The Labute approximate surface area is 109 Å². The fraction of sp³-hybridized carbons (Fsp3) is 0.333. The van der Waals surface area contributed by atoms with E-state index < -0.39 is 17.7 Å². The summed E-state index contributed by atoms with van der Waals surface area (Å²) in [5.74, 6) is -1.95. The second-order valence-electron chi connectivity index (χ2n) is 3.58. The zero-order valence-electron chi connectivity index (χ0n) is 10.4. The lowest BCUT2D eigenvalue weighted by atomic mass is 10.2. The van der Waals surface area contributed by atoms with E-state index in [-0.39, 0.29) is 24.5 Å².